The highest BCUT2D eigenvalue weighted by atomic mass is 16.5. The molecule has 0 aliphatic rings. The maximum Gasteiger partial charge on any atom is 0.119 e. The monoisotopic (exact) mass is 259 g/mol. The van der Waals surface area contributed by atoms with Crippen LogP contribution in [0.25, 0.3) is 0 Å². The fourth-order valence-corrected chi connectivity index (χ4v) is 1.56. The average molecular weight is 259 g/mol. The first-order valence-electron chi connectivity index (χ1n) is 6.16. The zero-order valence-corrected chi connectivity index (χ0v) is 10.6. The van der Waals surface area contributed by atoms with Crippen LogP contribution in [0.5, 0.6) is 5.75 Å². The van der Waals surface area contributed by atoms with Gasteiger partial charge in [-0.1, -0.05) is 18.2 Å². The molecule has 0 aliphatic carbocycles. The van der Waals surface area contributed by atoms with Crippen LogP contribution in [0.1, 0.15) is 5.69 Å². The summed E-state index contributed by atoms with van der Waals surface area (Å²) in [6.45, 7) is 1.32. The number of aliphatic hydroxyl groups is 1. The van der Waals surface area contributed by atoms with E-state index >= 15 is 0 Å². The van der Waals surface area contributed by atoms with Crippen LogP contribution in [0.2, 0.25) is 0 Å². The van der Waals surface area contributed by atoms with Gasteiger partial charge < -0.3 is 15.2 Å². The number of benzene rings is 1. The van der Waals surface area contributed by atoms with E-state index < -0.39 is 6.10 Å². The Morgan fingerprint density at radius 1 is 1.21 bits per heavy atom. The van der Waals surface area contributed by atoms with E-state index in [1.807, 2.05) is 36.4 Å². The molecule has 0 spiro atoms. The van der Waals surface area contributed by atoms with Gasteiger partial charge in [-0.3, -0.25) is 0 Å². The van der Waals surface area contributed by atoms with Gasteiger partial charge in [-0.2, -0.15) is 0 Å². The third kappa shape index (κ3) is 5.03. The van der Waals surface area contributed by atoms with E-state index in [2.05, 4.69) is 15.3 Å². The molecule has 2 aromatic rings. The molecule has 1 heterocycles. The van der Waals surface area contributed by atoms with Crippen LogP contribution < -0.4 is 10.1 Å². The molecule has 0 fully saturated rings. The number of aromatic nitrogens is 2. The molecule has 100 valence electrons. The molecule has 5 heteroatoms. The van der Waals surface area contributed by atoms with E-state index in [1.54, 1.807) is 6.20 Å². The van der Waals surface area contributed by atoms with Crippen molar-refractivity contribution in [2.45, 2.75) is 12.6 Å². The van der Waals surface area contributed by atoms with Gasteiger partial charge in [-0.05, 0) is 18.2 Å². The van der Waals surface area contributed by atoms with Gasteiger partial charge in [0.25, 0.3) is 0 Å². The van der Waals surface area contributed by atoms with Crippen molar-refractivity contribution < 1.29 is 9.84 Å². The molecule has 0 amide bonds. The molecule has 0 radical (unpaired) electrons. The molecule has 1 aromatic heterocycles. The summed E-state index contributed by atoms with van der Waals surface area (Å²) in [5.41, 5.74) is 0.895. The highest BCUT2D eigenvalue weighted by Crippen LogP contribution is 2.08. The first kappa shape index (κ1) is 13.5. The molecule has 0 saturated heterocycles. The molecule has 0 saturated carbocycles. The molecule has 1 aromatic carbocycles. The Kier molecular flexibility index (Phi) is 5.28. The van der Waals surface area contributed by atoms with Gasteiger partial charge >= 0.3 is 0 Å². The van der Waals surface area contributed by atoms with Gasteiger partial charge in [0.15, 0.2) is 0 Å². The highest BCUT2D eigenvalue weighted by molar-refractivity contribution is 5.20. The summed E-state index contributed by atoms with van der Waals surface area (Å²) in [4.78, 5) is 7.93. The molecular weight excluding hydrogens is 242 g/mol. The van der Waals surface area contributed by atoms with Crippen molar-refractivity contribution in [3.8, 4) is 5.75 Å². The maximum atomic E-state index is 9.77. The van der Waals surface area contributed by atoms with Crippen molar-refractivity contribution >= 4 is 0 Å². The van der Waals surface area contributed by atoms with Crippen LogP contribution in [0.4, 0.5) is 0 Å². The molecular formula is C14H17N3O2. The van der Waals surface area contributed by atoms with Crippen LogP contribution in [0.3, 0.4) is 0 Å². The first-order valence-corrected chi connectivity index (χ1v) is 6.16. The summed E-state index contributed by atoms with van der Waals surface area (Å²) in [5, 5.41) is 12.9. The van der Waals surface area contributed by atoms with Crippen LogP contribution in [0.15, 0.2) is 48.9 Å². The van der Waals surface area contributed by atoms with Gasteiger partial charge in [0.2, 0.25) is 0 Å². The number of nitrogens with zero attached hydrogens (tertiary/aromatic N) is 2. The molecule has 0 aliphatic heterocycles. The minimum Gasteiger partial charge on any atom is -0.491 e. The van der Waals surface area contributed by atoms with Gasteiger partial charge in [-0.25, -0.2) is 9.97 Å². The molecule has 5 nitrogen and oxygen atoms in total. The van der Waals surface area contributed by atoms with E-state index in [4.69, 9.17) is 4.74 Å². The fourth-order valence-electron chi connectivity index (χ4n) is 1.56. The Morgan fingerprint density at radius 3 is 2.79 bits per heavy atom. The lowest BCUT2D eigenvalue weighted by Gasteiger charge is -2.13. The minimum absolute atomic E-state index is 0.265. The Balaban J connectivity index is 1.64. The molecule has 1 atom stereocenters. The van der Waals surface area contributed by atoms with E-state index in [-0.39, 0.29) is 6.61 Å². The minimum atomic E-state index is -0.554. The smallest absolute Gasteiger partial charge is 0.119 e. The standard InChI is InChI=1S/C14H17N3O2/c18-13(10-19-14-4-2-1-3-5-14)9-16-8-12-6-7-15-11-17-12/h1-7,11,13,16,18H,8-10H2. The normalized spacial score (nSPS) is 12.1. The van der Waals surface area contributed by atoms with Gasteiger partial charge in [0.05, 0.1) is 5.69 Å². The summed E-state index contributed by atoms with van der Waals surface area (Å²) in [7, 11) is 0. The van der Waals surface area contributed by atoms with Crippen molar-refractivity contribution in [3.05, 3.63) is 54.6 Å². The maximum absolute atomic E-state index is 9.77. The lowest BCUT2D eigenvalue weighted by Crippen LogP contribution is -2.31. The quantitative estimate of drug-likeness (QED) is 0.776. The number of hydrogen-bond acceptors (Lipinski definition) is 5. The number of hydrogen-bond donors (Lipinski definition) is 2. The predicted molar refractivity (Wildman–Crippen MR) is 71.7 cm³/mol. The highest BCUT2D eigenvalue weighted by Gasteiger charge is 2.04. The van der Waals surface area contributed by atoms with E-state index in [0.29, 0.717) is 13.1 Å². The SMILES string of the molecule is OC(CNCc1ccncn1)COc1ccccc1. The van der Waals surface area contributed by atoms with Crippen molar-refractivity contribution in [2.24, 2.45) is 0 Å². The second kappa shape index (κ2) is 7.45. The Bertz CT molecular complexity index is 465. The lowest BCUT2D eigenvalue weighted by molar-refractivity contribution is 0.106. The largest absolute Gasteiger partial charge is 0.491 e. The molecule has 2 rings (SSSR count). The summed E-state index contributed by atoms with van der Waals surface area (Å²) >= 11 is 0. The Morgan fingerprint density at radius 2 is 2.05 bits per heavy atom. The van der Waals surface area contributed by atoms with Crippen LogP contribution in [-0.4, -0.2) is 34.3 Å². The number of rotatable bonds is 7. The number of para-hydroxylation sites is 1. The van der Waals surface area contributed by atoms with Crippen molar-refractivity contribution in [2.75, 3.05) is 13.2 Å². The second-order valence-corrected chi connectivity index (χ2v) is 4.11. The van der Waals surface area contributed by atoms with Crippen molar-refractivity contribution in [3.63, 3.8) is 0 Å². The van der Waals surface area contributed by atoms with E-state index in [0.717, 1.165) is 11.4 Å². The average Bonchev–Trinajstić information content (AvgIpc) is 2.47. The van der Waals surface area contributed by atoms with Crippen LogP contribution in [0, 0.1) is 0 Å². The third-order valence-electron chi connectivity index (χ3n) is 2.51. The number of aliphatic hydroxyl groups excluding tert-OH is 1. The Labute approximate surface area is 112 Å². The second-order valence-electron chi connectivity index (χ2n) is 4.11. The zero-order chi connectivity index (χ0) is 13.3. The zero-order valence-electron chi connectivity index (χ0n) is 10.6. The van der Waals surface area contributed by atoms with Crippen molar-refractivity contribution in [1.82, 2.24) is 15.3 Å². The van der Waals surface area contributed by atoms with Crippen LogP contribution in [-0.2, 0) is 6.54 Å². The summed E-state index contributed by atoms with van der Waals surface area (Å²) in [6.07, 6.45) is 2.65. The Hall–Kier alpha value is -1.98. The number of nitrogens with one attached hydrogen (secondary N) is 1. The first-order chi connectivity index (χ1) is 9.34. The van der Waals surface area contributed by atoms with E-state index in [9.17, 15) is 5.11 Å². The topological polar surface area (TPSA) is 67.3 Å². The van der Waals surface area contributed by atoms with Gasteiger partial charge in [0.1, 0.15) is 24.8 Å². The summed E-state index contributed by atoms with van der Waals surface area (Å²) < 4.78 is 5.45. The summed E-state index contributed by atoms with van der Waals surface area (Å²) in [5.74, 6) is 0.761. The number of ether oxygens (including phenoxy) is 1. The van der Waals surface area contributed by atoms with E-state index in [1.165, 1.54) is 6.33 Å². The molecule has 19 heavy (non-hydrogen) atoms. The molecule has 0 bridgehead atoms. The lowest BCUT2D eigenvalue weighted by atomic mass is 10.3. The van der Waals surface area contributed by atoms with Gasteiger partial charge in [0, 0.05) is 19.3 Å². The van der Waals surface area contributed by atoms with Crippen LogP contribution >= 0.6 is 0 Å². The molecule has 1 unspecified atom stereocenters. The van der Waals surface area contributed by atoms with Crippen molar-refractivity contribution in [1.29, 1.82) is 0 Å². The summed E-state index contributed by atoms with van der Waals surface area (Å²) in [6, 6.07) is 11.3. The fraction of sp³-hybridized carbons (Fsp3) is 0.286. The predicted octanol–water partition coefficient (Wildman–Crippen LogP) is 1.01. The van der Waals surface area contributed by atoms with Gasteiger partial charge in [-0.15, -0.1) is 0 Å². The molecule has 2 N–H and O–H groups in total. The third-order valence-corrected chi connectivity index (χ3v) is 2.51.